The van der Waals surface area contributed by atoms with Gasteiger partial charge in [-0.1, -0.05) is 33.4 Å². The number of aryl methyl sites for hydroxylation is 1. The van der Waals surface area contributed by atoms with Crippen LogP contribution >= 0.6 is 0 Å². The quantitative estimate of drug-likeness (QED) is 0.516. The van der Waals surface area contributed by atoms with E-state index in [2.05, 4.69) is 79.4 Å². The normalized spacial score (nSPS) is 24.1. The van der Waals surface area contributed by atoms with Gasteiger partial charge in [-0.2, -0.15) is 0 Å². The number of nitrogens with one attached hydrogen (secondary N) is 1. The largest absolute Gasteiger partial charge is 0.385 e. The van der Waals surface area contributed by atoms with Crippen LogP contribution in [0.4, 0.5) is 4.39 Å². The number of piperazine rings is 1. The number of nitrogens with zero attached hydrogens (tertiary/aromatic N) is 4. The van der Waals surface area contributed by atoms with Crippen molar-refractivity contribution in [3.63, 3.8) is 0 Å². The van der Waals surface area contributed by atoms with Crippen LogP contribution in [0.2, 0.25) is 0 Å². The van der Waals surface area contributed by atoms with E-state index in [-0.39, 0.29) is 5.82 Å². The van der Waals surface area contributed by atoms with E-state index < -0.39 is 0 Å². The summed E-state index contributed by atoms with van der Waals surface area (Å²) >= 11 is 0. The summed E-state index contributed by atoms with van der Waals surface area (Å²) in [5, 5.41) is 3.19. The topological polar surface area (TPSA) is 25.0 Å². The van der Waals surface area contributed by atoms with Crippen molar-refractivity contribution in [1.82, 2.24) is 24.9 Å². The molecular formula is C28H48FN5. The molecule has 2 heterocycles. The fourth-order valence-corrected chi connectivity index (χ4v) is 5.92. The molecule has 0 aliphatic carbocycles. The summed E-state index contributed by atoms with van der Waals surface area (Å²) in [4.78, 5) is 10.4. The fourth-order valence-electron chi connectivity index (χ4n) is 5.92. The summed E-state index contributed by atoms with van der Waals surface area (Å²) < 4.78 is 14.6. The molecule has 2 aliphatic heterocycles. The number of benzene rings is 1. The maximum absolute atomic E-state index is 14.6. The summed E-state index contributed by atoms with van der Waals surface area (Å²) in [6.07, 6.45) is 5.22. The van der Waals surface area contributed by atoms with Crippen LogP contribution < -0.4 is 5.32 Å². The number of halogens is 1. The molecule has 0 bridgehead atoms. The van der Waals surface area contributed by atoms with E-state index in [4.69, 9.17) is 0 Å². The van der Waals surface area contributed by atoms with Gasteiger partial charge in [0.05, 0.1) is 12.3 Å². The third-order valence-electron chi connectivity index (χ3n) is 7.81. The predicted octanol–water partition coefficient (Wildman–Crippen LogP) is 4.31. The van der Waals surface area contributed by atoms with Gasteiger partial charge in [0.2, 0.25) is 0 Å². The zero-order valence-corrected chi connectivity index (χ0v) is 22.5. The molecule has 3 rings (SSSR count). The molecule has 1 aromatic rings. The molecule has 34 heavy (non-hydrogen) atoms. The molecule has 0 aromatic heterocycles. The summed E-state index contributed by atoms with van der Waals surface area (Å²) in [7, 11) is 4.55. The highest BCUT2D eigenvalue weighted by molar-refractivity contribution is 5.62. The Morgan fingerprint density at radius 1 is 1.15 bits per heavy atom. The maximum atomic E-state index is 14.6. The highest BCUT2D eigenvalue weighted by atomic mass is 19.1. The molecule has 1 N–H and O–H groups in total. The molecule has 2 saturated heterocycles. The zero-order valence-electron chi connectivity index (χ0n) is 22.5. The molecule has 192 valence electrons. The standard InChI is InChI=1S/C28H48FN5/c1-8-14-30-23(5)25-13-12-24(19-26(25)29)11-9-10-22(4)33-15-17-34(18-16-33)27-20-31(6)28(21(2)3)32(27)7/h12-13,19,21-22,27-28,30H,5,8-11,14-18,20H2,1-4,6-7H3. The Bertz CT molecular complexity index is 789. The van der Waals surface area contributed by atoms with Gasteiger partial charge in [-0.05, 0) is 70.3 Å². The molecule has 0 spiro atoms. The number of hydrogen-bond donors (Lipinski definition) is 1. The predicted molar refractivity (Wildman–Crippen MR) is 142 cm³/mol. The van der Waals surface area contributed by atoms with Crippen molar-refractivity contribution in [1.29, 1.82) is 0 Å². The lowest BCUT2D eigenvalue weighted by Gasteiger charge is -2.42. The van der Waals surface area contributed by atoms with Crippen LogP contribution in [0, 0.1) is 11.7 Å². The molecule has 0 radical (unpaired) electrons. The smallest absolute Gasteiger partial charge is 0.132 e. The molecular weight excluding hydrogens is 425 g/mol. The van der Waals surface area contributed by atoms with Crippen LogP contribution in [0.15, 0.2) is 24.8 Å². The SMILES string of the molecule is C=C(NCCC)c1ccc(CCCC(C)N2CCN(C3CN(C)C(C(C)C)N3C)CC2)cc1F. The monoisotopic (exact) mass is 473 g/mol. The lowest BCUT2D eigenvalue weighted by Crippen LogP contribution is -2.56. The van der Waals surface area contributed by atoms with Gasteiger partial charge >= 0.3 is 0 Å². The Morgan fingerprint density at radius 2 is 1.85 bits per heavy atom. The van der Waals surface area contributed by atoms with E-state index in [1.54, 1.807) is 6.07 Å². The van der Waals surface area contributed by atoms with Crippen LogP contribution in [0.3, 0.4) is 0 Å². The van der Waals surface area contributed by atoms with Crippen molar-refractivity contribution >= 4 is 5.70 Å². The molecule has 3 unspecified atom stereocenters. The Morgan fingerprint density at radius 3 is 2.44 bits per heavy atom. The zero-order chi connectivity index (χ0) is 24.8. The van der Waals surface area contributed by atoms with Gasteiger partial charge < -0.3 is 5.32 Å². The number of rotatable bonds is 11. The minimum absolute atomic E-state index is 0.169. The molecule has 5 nitrogen and oxygen atoms in total. The summed E-state index contributed by atoms with van der Waals surface area (Å²) in [6, 6.07) is 6.19. The molecule has 2 fully saturated rings. The van der Waals surface area contributed by atoms with Crippen molar-refractivity contribution < 1.29 is 4.39 Å². The highest BCUT2D eigenvalue weighted by Crippen LogP contribution is 2.26. The van der Waals surface area contributed by atoms with Crippen molar-refractivity contribution in [2.45, 2.75) is 71.8 Å². The first-order valence-corrected chi connectivity index (χ1v) is 13.3. The van der Waals surface area contributed by atoms with Gasteiger partial charge in [0.1, 0.15) is 5.82 Å². The third kappa shape index (κ3) is 6.60. The maximum Gasteiger partial charge on any atom is 0.132 e. The summed E-state index contributed by atoms with van der Waals surface area (Å²) in [5.74, 6) is 0.472. The van der Waals surface area contributed by atoms with Gasteiger partial charge in [0, 0.05) is 56.6 Å². The van der Waals surface area contributed by atoms with Crippen LogP contribution in [0.5, 0.6) is 0 Å². The first kappa shape index (κ1) is 27.1. The van der Waals surface area contributed by atoms with Gasteiger partial charge in [0.25, 0.3) is 0 Å². The van der Waals surface area contributed by atoms with Gasteiger partial charge in [0.15, 0.2) is 0 Å². The second-order valence-electron chi connectivity index (χ2n) is 10.8. The minimum Gasteiger partial charge on any atom is -0.385 e. The Labute approximate surface area is 208 Å². The molecule has 2 aliphatic rings. The van der Waals surface area contributed by atoms with Gasteiger partial charge in [-0.15, -0.1) is 0 Å². The van der Waals surface area contributed by atoms with Crippen LogP contribution in [0.25, 0.3) is 5.70 Å². The van der Waals surface area contributed by atoms with E-state index in [9.17, 15) is 4.39 Å². The van der Waals surface area contributed by atoms with E-state index in [0.717, 1.165) is 70.5 Å². The average molecular weight is 474 g/mol. The van der Waals surface area contributed by atoms with Crippen molar-refractivity contribution in [2.75, 3.05) is 53.4 Å². The van der Waals surface area contributed by atoms with E-state index in [1.165, 1.54) is 0 Å². The van der Waals surface area contributed by atoms with Crippen LogP contribution in [-0.4, -0.2) is 91.3 Å². The summed E-state index contributed by atoms with van der Waals surface area (Å²) in [5.41, 5.74) is 2.34. The molecule has 0 amide bonds. The number of hydrogen-bond acceptors (Lipinski definition) is 5. The lowest BCUT2D eigenvalue weighted by molar-refractivity contribution is 0.0137. The van der Waals surface area contributed by atoms with Crippen molar-refractivity contribution in [3.05, 3.63) is 41.7 Å². The average Bonchev–Trinajstić information content (AvgIpc) is 3.11. The molecule has 0 saturated carbocycles. The third-order valence-corrected chi connectivity index (χ3v) is 7.81. The Balaban J connectivity index is 1.42. The molecule has 1 aromatic carbocycles. The highest BCUT2D eigenvalue weighted by Gasteiger charge is 2.40. The van der Waals surface area contributed by atoms with Crippen LogP contribution in [0.1, 0.15) is 58.1 Å². The first-order valence-electron chi connectivity index (χ1n) is 13.3. The first-order chi connectivity index (χ1) is 16.2. The van der Waals surface area contributed by atoms with Gasteiger partial charge in [-0.3, -0.25) is 19.6 Å². The Hall–Kier alpha value is -1.47. The van der Waals surface area contributed by atoms with Crippen molar-refractivity contribution in [2.24, 2.45) is 5.92 Å². The fraction of sp³-hybridized carbons (Fsp3) is 0.714. The van der Waals surface area contributed by atoms with E-state index in [0.29, 0.717) is 35.6 Å². The van der Waals surface area contributed by atoms with Crippen LogP contribution in [-0.2, 0) is 6.42 Å². The summed E-state index contributed by atoms with van der Waals surface area (Å²) in [6.45, 7) is 19.6. The van der Waals surface area contributed by atoms with Crippen molar-refractivity contribution in [3.8, 4) is 0 Å². The Kier molecular flexibility index (Phi) is 9.95. The lowest BCUT2D eigenvalue weighted by atomic mass is 10.0. The number of likely N-dealkylation sites (N-methyl/N-ethyl adjacent to an activating group) is 2. The van der Waals surface area contributed by atoms with Gasteiger partial charge in [-0.25, -0.2) is 4.39 Å². The molecule has 6 heteroatoms. The molecule has 3 atom stereocenters. The van der Waals surface area contributed by atoms with E-state index >= 15 is 0 Å². The second-order valence-corrected chi connectivity index (χ2v) is 10.8. The minimum atomic E-state index is -0.169. The van der Waals surface area contributed by atoms with E-state index in [1.807, 2.05) is 6.07 Å². The second kappa shape index (κ2) is 12.5.